The highest BCUT2D eigenvalue weighted by atomic mass is 32.1. The van der Waals surface area contributed by atoms with E-state index in [2.05, 4.69) is 29.2 Å². The molecular weight excluding hydrogens is 296 g/mol. The third-order valence-corrected chi connectivity index (χ3v) is 4.67. The largest absolute Gasteiger partial charge is 0.302 e. The Morgan fingerprint density at radius 1 is 1.23 bits per heavy atom. The summed E-state index contributed by atoms with van der Waals surface area (Å²) in [5.74, 6) is 0.491. The highest BCUT2D eigenvalue weighted by molar-refractivity contribution is 7.15. The molecule has 2 rings (SSSR count). The normalized spacial score (nSPS) is 11.2. The summed E-state index contributed by atoms with van der Waals surface area (Å²) in [4.78, 5) is 17.7. The molecule has 6 heteroatoms. The van der Waals surface area contributed by atoms with Gasteiger partial charge in [0.25, 0.3) is 0 Å². The van der Waals surface area contributed by atoms with E-state index in [4.69, 9.17) is 0 Å². The van der Waals surface area contributed by atoms with E-state index >= 15 is 0 Å². The zero-order valence-corrected chi connectivity index (χ0v) is 15.0. The smallest absolute Gasteiger partial charge is 0.230 e. The van der Waals surface area contributed by atoms with E-state index < -0.39 is 0 Å². The zero-order chi connectivity index (χ0) is 16.4. The number of anilines is 1. The average molecular weight is 320 g/mol. The average Bonchev–Trinajstić information content (AvgIpc) is 2.83. The summed E-state index contributed by atoms with van der Waals surface area (Å²) in [6.07, 6.45) is 0.341. The number of carbonyl (C=O) groups is 1. The van der Waals surface area contributed by atoms with Gasteiger partial charge in [0.2, 0.25) is 5.91 Å². The van der Waals surface area contributed by atoms with Gasteiger partial charge < -0.3 is 5.32 Å². The monoisotopic (exact) mass is 320 g/mol. The summed E-state index contributed by atoms with van der Waals surface area (Å²) >= 11 is 1.51. The highest BCUT2D eigenvalue weighted by Gasteiger charge is 2.16. The lowest BCUT2D eigenvalue weighted by atomic mass is 10.1. The van der Waals surface area contributed by atoms with Crippen molar-refractivity contribution in [2.45, 2.75) is 54.5 Å². The van der Waals surface area contributed by atoms with Crippen LogP contribution >= 0.6 is 11.3 Å². The Morgan fingerprint density at radius 2 is 1.91 bits per heavy atom. The molecule has 0 aliphatic carbocycles. The number of aromatic nitrogens is 3. The van der Waals surface area contributed by atoms with Gasteiger partial charge >= 0.3 is 0 Å². The molecule has 0 aromatic carbocycles. The summed E-state index contributed by atoms with van der Waals surface area (Å²) in [6.45, 7) is 13.1. The maximum absolute atomic E-state index is 12.3. The molecule has 22 heavy (non-hydrogen) atoms. The zero-order valence-electron chi connectivity index (χ0n) is 14.1. The van der Waals surface area contributed by atoms with Crippen LogP contribution in [0.2, 0.25) is 0 Å². The van der Waals surface area contributed by atoms with Crippen molar-refractivity contribution in [1.29, 1.82) is 0 Å². The van der Waals surface area contributed by atoms with Gasteiger partial charge in [0.15, 0.2) is 5.13 Å². The number of rotatable bonds is 5. The quantitative estimate of drug-likeness (QED) is 0.918. The second kappa shape index (κ2) is 6.60. The van der Waals surface area contributed by atoms with Gasteiger partial charge in [0, 0.05) is 22.7 Å². The van der Waals surface area contributed by atoms with Crippen LogP contribution in [0.3, 0.4) is 0 Å². The van der Waals surface area contributed by atoms with Crippen LogP contribution in [0, 0.1) is 33.6 Å². The summed E-state index contributed by atoms with van der Waals surface area (Å²) < 4.78 is 2.00. The minimum Gasteiger partial charge on any atom is -0.302 e. The van der Waals surface area contributed by atoms with E-state index in [0.717, 1.165) is 34.1 Å². The highest BCUT2D eigenvalue weighted by Crippen LogP contribution is 2.22. The number of thiazole rings is 1. The molecule has 0 atom stereocenters. The van der Waals surface area contributed by atoms with E-state index in [1.807, 2.05) is 32.4 Å². The Hall–Kier alpha value is -1.69. The molecule has 0 bridgehead atoms. The first-order valence-electron chi connectivity index (χ1n) is 7.54. The van der Waals surface area contributed by atoms with Crippen molar-refractivity contribution in [2.24, 2.45) is 5.92 Å². The molecular formula is C16H24N4OS. The Kier molecular flexibility index (Phi) is 5.01. The van der Waals surface area contributed by atoms with E-state index in [-0.39, 0.29) is 5.91 Å². The summed E-state index contributed by atoms with van der Waals surface area (Å²) in [7, 11) is 0. The van der Waals surface area contributed by atoms with Crippen molar-refractivity contribution in [3.63, 3.8) is 0 Å². The minimum atomic E-state index is -0.0379. The first kappa shape index (κ1) is 16.7. The van der Waals surface area contributed by atoms with E-state index in [1.165, 1.54) is 11.3 Å². The third-order valence-electron chi connectivity index (χ3n) is 3.68. The van der Waals surface area contributed by atoms with Crippen molar-refractivity contribution in [1.82, 2.24) is 14.8 Å². The maximum Gasteiger partial charge on any atom is 0.230 e. The van der Waals surface area contributed by atoms with Gasteiger partial charge in [-0.1, -0.05) is 13.8 Å². The predicted octanol–water partition coefficient (Wildman–Crippen LogP) is 3.41. The number of amides is 1. The van der Waals surface area contributed by atoms with Crippen LogP contribution in [-0.4, -0.2) is 20.7 Å². The van der Waals surface area contributed by atoms with Crippen molar-refractivity contribution in [2.75, 3.05) is 5.32 Å². The number of nitrogens with zero attached hydrogens (tertiary/aromatic N) is 3. The second-order valence-corrected chi connectivity index (χ2v) is 7.31. The standard InChI is InChI=1S/C16H24N4OS/c1-9(2)8-20-12(5)14(11(4)19-20)7-15(21)18-16-17-10(3)13(6)22-16/h9H,7-8H2,1-6H3,(H,17,18,21). The topological polar surface area (TPSA) is 59.8 Å². The first-order valence-corrected chi connectivity index (χ1v) is 8.36. The molecule has 0 fully saturated rings. The van der Waals surface area contributed by atoms with E-state index in [0.29, 0.717) is 17.5 Å². The number of nitrogens with one attached hydrogen (secondary N) is 1. The van der Waals surface area contributed by atoms with Crippen LogP contribution in [0.1, 0.15) is 41.4 Å². The molecule has 0 saturated carbocycles. The van der Waals surface area contributed by atoms with Gasteiger partial charge in [-0.25, -0.2) is 4.98 Å². The molecule has 5 nitrogen and oxygen atoms in total. The van der Waals surface area contributed by atoms with Crippen LogP contribution in [0.15, 0.2) is 0 Å². The maximum atomic E-state index is 12.3. The fourth-order valence-electron chi connectivity index (χ4n) is 2.36. The van der Waals surface area contributed by atoms with Crippen LogP contribution in [0.4, 0.5) is 5.13 Å². The first-order chi connectivity index (χ1) is 10.3. The molecule has 2 heterocycles. The second-order valence-electron chi connectivity index (χ2n) is 6.11. The lowest BCUT2D eigenvalue weighted by Gasteiger charge is -2.08. The van der Waals surface area contributed by atoms with Crippen molar-refractivity contribution >= 4 is 22.4 Å². The van der Waals surface area contributed by atoms with Crippen molar-refractivity contribution in [3.05, 3.63) is 27.5 Å². The molecule has 2 aromatic rings. The Labute approximate surface area is 135 Å². The van der Waals surface area contributed by atoms with Gasteiger partial charge in [-0.05, 0) is 33.6 Å². The Bertz CT molecular complexity index is 665. The molecule has 120 valence electrons. The van der Waals surface area contributed by atoms with Gasteiger partial charge in [0.1, 0.15) is 0 Å². The molecule has 1 N–H and O–H groups in total. The number of aryl methyl sites for hydroxylation is 3. The van der Waals surface area contributed by atoms with Crippen LogP contribution < -0.4 is 5.32 Å². The third kappa shape index (κ3) is 3.74. The molecule has 0 unspecified atom stereocenters. The van der Waals surface area contributed by atoms with Gasteiger partial charge in [-0.15, -0.1) is 11.3 Å². The Balaban J connectivity index is 2.09. The SMILES string of the molecule is Cc1nc(NC(=O)Cc2c(C)nn(CC(C)C)c2C)sc1C. The lowest BCUT2D eigenvalue weighted by Crippen LogP contribution is -2.15. The fourth-order valence-corrected chi connectivity index (χ4v) is 3.19. The Morgan fingerprint density at radius 3 is 2.45 bits per heavy atom. The number of hydrogen-bond donors (Lipinski definition) is 1. The summed E-state index contributed by atoms with van der Waals surface area (Å²) in [6, 6.07) is 0. The molecule has 0 aliphatic rings. The summed E-state index contributed by atoms with van der Waals surface area (Å²) in [5, 5.41) is 8.11. The molecule has 0 spiro atoms. The molecule has 0 aliphatic heterocycles. The van der Waals surface area contributed by atoms with E-state index in [1.54, 1.807) is 0 Å². The number of carbonyl (C=O) groups excluding carboxylic acids is 1. The van der Waals surface area contributed by atoms with Gasteiger partial charge in [-0.3, -0.25) is 9.48 Å². The van der Waals surface area contributed by atoms with Crippen molar-refractivity contribution in [3.8, 4) is 0 Å². The molecule has 0 radical (unpaired) electrons. The minimum absolute atomic E-state index is 0.0379. The number of hydrogen-bond acceptors (Lipinski definition) is 4. The van der Waals surface area contributed by atoms with Gasteiger partial charge in [0.05, 0.1) is 17.8 Å². The fraction of sp³-hybridized carbons (Fsp3) is 0.562. The van der Waals surface area contributed by atoms with Gasteiger partial charge in [-0.2, -0.15) is 5.10 Å². The molecule has 2 aromatic heterocycles. The van der Waals surface area contributed by atoms with Crippen molar-refractivity contribution < 1.29 is 4.79 Å². The van der Waals surface area contributed by atoms with Crippen LogP contribution in [0.5, 0.6) is 0 Å². The van der Waals surface area contributed by atoms with E-state index in [9.17, 15) is 4.79 Å². The van der Waals surface area contributed by atoms with Crippen LogP contribution in [-0.2, 0) is 17.8 Å². The predicted molar refractivity (Wildman–Crippen MR) is 90.5 cm³/mol. The van der Waals surface area contributed by atoms with Crippen LogP contribution in [0.25, 0.3) is 0 Å². The molecule has 0 saturated heterocycles. The lowest BCUT2D eigenvalue weighted by molar-refractivity contribution is -0.115. The summed E-state index contributed by atoms with van der Waals surface area (Å²) in [5.41, 5.74) is 3.99. The molecule has 1 amide bonds.